The standard InChI is InChI=1S/C72H114O48S8/c1-26(73)43(90)64-34(25-128-17-9-42(88)89)119-120-65-33(24-127-16-8-41(86)87)111-72(57(104)50(65)97)117-63-31(22-125-14-6-39(82)83)109-70(55(102)48(63)95)115-61-29(20-123-12-4-37(78)79)107-68(53(100)46(61)93)113-59-27(18-121-10-2-35(74)75)105-66(51(98)44(59)91)112-58-28(19-122-11-3-36(76)77)106-67(52(99)45(58)92)114-60-30(21-124-13-5-38(80)81)108-69(54(101)47(60)94)116-62-32(23-126-15-7-40(84)85)110-71(118-64)56(103)49(62)96/h26-34,43-73,90-104H,2-25H2,1H3,(H,74,75)(H,76,77)(H,78,79)(H,80,81)(H,82,83)(H,84,85)(H,86,87)(H,88,89). The van der Waals surface area contributed by atoms with Crippen LogP contribution in [0.5, 0.6) is 0 Å². The van der Waals surface area contributed by atoms with Crippen LogP contribution in [-0.4, -0.2) is 502 Å². The predicted octanol–water partition coefficient (Wildman–Crippen LogP) is -7.09. The Morgan fingerprint density at radius 2 is 0.375 bits per heavy atom. The molecule has 0 spiro atoms. The lowest BCUT2D eigenvalue weighted by molar-refractivity contribution is -0.426. The van der Waals surface area contributed by atoms with Crippen molar-refractivity contribution < 1.29 is 237 Å². The van der Waals surface area contributed by atoms with Crippen molar-refractivity contribution in [1.29, 1.82) is 0 Å². The molecule has 18 aliphatic rings. The van der Waals surface area contributed by atoms with Crippen LogP contribution in [0.1, 0.15) is 58.3 Å². The number of fused-ring (bicyclic) bond motifs is 1. The second kappa shape index (κ2) is 54.4. The lowest BCUT2D eigenvalue weighted by Crippen LogP contribution is -2.68. The van der Waals surface area contributed by atoms with E-state index >= 15 is 0 Å². The lowest BCUT2D eigenvalue weighted by atomic mass is 9.95. The van der Waals surface area contributed by atoms with E-state index in [2.05, 4.69) is 0 Å². The highest BCUT2D eigenvalue weighted by molar-refractivity contribution is 8.00. The van der Waals surface area contributed by atoms with Gasteiger partial charge >= 0.3 is 47.8 Å². The molecule has 128 heavy (non-hydrogen) atoms. The molecule has 18 rings (SSSR count). The van der Waals surface area contributed by atoms with E-state index in [1.165, 1.54) is 0 Å². The fourth-order valence-electron chi connectivity index (χ4n) is 14.1. The van der Waals surface area contributed by atoms with Crippen molar-refractivity contribution in [2.45, 2.75) is 298 Å². The first-order valence-corrected chi connectivity index (χ1v) is 49.7. The fraction of sp³-hybridized carbons (Fsp3) is 0.889. The topological polar surface area (TPSA) is 770 Å². The second-order valence-corrected chi connectivity index (χ2v) is 39.7. The molecular weight excluding hydrogens is 1890 g/mol. The van der Waals surface area contributed by atoms with Crippen LogP contribution in [0.15, 0.2) is 0 Å². The Morgan fingerprint density at radius 3 is 0.547 bits per heavy atom. The Kier molecular flexibility index (Phi) is 47.0. The average molecular weight is 2000 g/mol. The van der Waals surface area contributed by atoms with Crippen LogP contribution in [0, 0.1) is 0 Å². The minimum atomic E-state index is -2.39. The van der Waals surface area contributed by atoms with E-state index in [1.807, 2.05) is 0 Å². The van der Waals surface area contributed by atoms with Crippen LogP contribution in [0.25, 0.3) is 0 Å². The number of aliphatic hydroxyl groups excluding tert-OH is 16. The second-order valence-electron chi connectivity index (χ2n) is 30.5. The van der Waals surface area contributed by atoms with Crippen molar-refractivity contribution in [2.75, 3.05) is 92.0 Å². The summed E-state index contributed by atoms with van der Waals surface area (Å²) >= 11 is 6.89. The average Bonchev–Trinajstić information content (AvgIpc) is 0.777. The van der Waals surface area contributed by atoms with E-state index in [0.29, 0.717) is 0 Å². The maximum Gasteiger partial charge on any atom is 0.304 e. The molecule has 48 nitrogen and oxygen atoms in total. The van der Waals surface area contributed by atoms with E-state index in [-0.39, 0.29) is 63.3 Å². The van der Waals surface area contributed by atoms with Crippen molar-refractivity contribution >= 4 is 142 Å². The molecule has 18 heterocycles. The third kappa shape index (κ3) is 32.5. The Bertz CT molecular complexity index is 3390. The van der Waals surface area contributed by atoms with Gasteiger partial charge in [-0.2, -0.15) is 94.1 Å². The third-order valence-electron chi connectivity index (χ3n) is 21.0. The molecule has 0 aromatic rings. The molecule has 18 saturated heterocycles. The summed E-state index contributed by atoms with van der Waals surface area (Å²) in [6.07, 6.45) is -84.4. The summed E-state index contributed by atoms with van der Waals surface area (Å²) in [5.41, 5.74) is 0. The van der Waals surface area contributed by atoms with Gasteiger partial charge in [-0.15, -0.1) is 0 Å². The first-order chi connectivity index (χ1) is 60.7. The number of carboxylic acids is 8. The molecule has 14 bridgehead atoms. The number of ether oxygens (including phenoxy) is 14. The van der Waals surface area contributed by atoms with Gasteiger partial charge in [-0.3, -0.25) is 38.4 Å². The van der Waals surface area contributed by atoms with Crippen molar-refractivity contribution in [3.05, 3.63) is 0 Å². The van der Waals surface area contributed by atoms with Gasteiger partial charge < -0.3 is 189 Å². The molecule has 18 fully saturated rings. The normalized spacial score (nSPS) is 39.8. The van der Waals surface area contributed by atoms with Crippen LogP contribution >= 0.6 is 94.1 Å². The number of hydrogen-bond donors (Lipinski definition) is 24. The molecule has 738 valence electrons. The summed E-state index contributed by atoms with van der Waals surface area (Å²) in [5, 5.41) is 271. The minimum Gasteiger partial charge on any atom is -0.481 e. The van der Waals surface area contributed by atoms with Gasteiger partial charge in [0.05, 0.1) is 94.1 Å². The van der Waals surface area contributed by atoms with E-state index in [9.17, 15) is 161 Å². The highest BCUT2D eigenvalue weighted by Crippen LogP contribution is 2.42. The van der Waals surface area contributed by atoms with Crippen LogP contribution in [0.2, 0.25) is 0 Å². The number of rotatable bonds is 42. The van der Waals surface area contributed by atoms with Gasteiger partial charge in [0, 0.05) is 92.0 Å². The maximum atomic E-state index is 12.3. The van der Waals surface area contributed by atoms with Crippen molar-refractivity contribution in [2.24, 2.45) is 0 Å². The first kappa shape index (κ1) is 111. The molecule has 24 N–H and O–H groups in total. The quantitative estimate of drug-likeness (QED) is 0.0199. The maximum absolute atomic E-state index is 12.3. The summed E-state index contributed by atoms with van der Waals surface area (Å²) in [6.45, 7) is 1.05. The Hall–Kier alpha value is -2.72. The van der Waals surface area contributed by atoms with Gasteiger partial charge in [0.15, 0.2) is 44.0 Å². The Morgan fingerprint density at radius 1 is 0.219 bits per heavy atom. The lowest BCUT2D eigenvalue weighted by Gasteiger charge is -2.50. The summed E-state index contributed by atoms with van der Waals surface area (Å²) in [5.74, 6) is -14.8. The van der Waals surface area contributed by atoms with Gasteiger partial charge in [0.1, 0.15) is 153 Å². The summed E-state index contributed by atoms with van der Waals surface area (Å²) in [7, 11) is 0. The molecule has 56 heteroatoms. The molecule has 0 radical (unpaired) electrons. The highest BCUT2D eigenvalue weighted by atomic mass is 32.2. The van der Waals surface area contributed by atoms with Crippen LogP contribution < -0.4 is 0 Å². The van der Waals surface area contributed by atoms with Gasteiger partial charge in [-0.1, -0.05) is 0 Å². The van der Waals surface area contributed by atoms with E-state index < -0.39 is 367 Å². The molecule has 0 saturated carbocycles. The number of aliphatic hydroxyl groups is 16. The predicted molar refractivity (Wildman–Crippen MR) is 443 cm³/mol. The number of aliphatic carboxylic acids is 8. The van der Waals surface area contributed by atoms with Gasteiger partial charge in [0.25, 0.3) is 0 Å². The smallest absolute Gasteiger partial charge is 0.304 e. The summed E-state index contributed by atoms with van der Waals surface area (Å²) in [6, 6.07) is 0. The molecule has 0 aromatic heterocycles. The molecule has 39 unspecified atom stereocenters. The Labute approximate surface area is 764 Å². The minimum absolute atomic E-state index is 0.160. The Balaban J connectivity index is 1.24. The van der Waals surface area contributed by atoms with E-state index in [1.54, 1.807) is 0 Å². The summed E-state index contributed by atoms with van der Waals surface area (Å²) in [4.78, 5) is 106. The zero-order valence-corrected chi connectivity index (χ0v) is 74.8. The first-order valence-electron chi connectivity index (χ1n) is 40.4. The monoisotopic (exact) mass is 2000 g/mol. The fourth-order valence-corrected chi connectivity index (χ4v) is 22.0. The molecule has 18 aliphatic heterocycles. The highest BCUT2D eigenvalue weighted by Gasteiger charge is 2.60. The molecule has 39 atom stereocenters. The van der Waals surface area contributed by atoms with Gasteiger partial charge in [-0.05, 0) is 6.92 Å². The van der Waals surface area contributed by atoms with E-state index in [0.717, 1.165) is 101 Å². The number of carbonyl (C=O) groups is 8. The van der Waals surface area contributed by atoms with Crippen LogP contribution in [-0.2, 0) is 114 Å². The number of thioether (sulfide) groups is 8. The van der Waals surface area contributed by atoms with Crippen molar-refractivity contribution in [3.63, 3.8) is 0 Å². The van der Waals surface area contributed by atoms with Crippen molar-refractivity contribution in [1.82, 2.24) is 0 Å². The third-order valence-corrected chi connectivity index (χ3v) is 29.4. The van der Waals surface area contributed by atoms with Gasteiger partial charge in [-0.25, -0.2) is 9.78 Å². The molecule has 0 aliphatic carbocycles. The molecular formula is C72H114O48S8. The largest absolute Gasteiger partial charge is 0.481 e. The SMILES string of the molecule is CC(O)C(O)C1OC2OC(CSCCC(=O)O)C(OC3OC(CSCCC(=O)O)C(OC4OC(CSCCC(=O)O)C(OC5OC(CSCCC(=O)O)C(OC6OC(CSCCC(=O)O)C(OC7OC(CSCCC(=O)O)C(OC8OC(CSCCC(=O)O)C(OOC1CSCCC(=O)O)C(O)C8O)C(O)C7O)C(O)C6O)C(O)C5O)C(O)C4O)C(O)C3O)C(O)C2O. The van der Waals surface area contributed by atoms with Gasteiger partial charge in [0.2, 0.25) is 0 Å². The molecule has 0 aromatic carbocycles. The van der Waals surface area contributed by atoms with E-state index in [4.69, 9.17) is 76.1 Å². The summed E-state index contributed by atoms with van der Waals surface area (Å²) < 4.78 is 87.7. The van der Waals surface area contributed by atoms with Crippen LogP contribution in [0.3, 0.4) is 0 Å². The zero-order valence-electron chi connectivity index (χ0n) is 68.3. The number of hydrogen-bond acceptors (Lipinski definition) is 48. The van der Waals surface area contributed by atoms with Crippen LogP contribution in [0.4, 0.5) is 0 Å². The number of carboxylic acid groups (broad SMARTS) is 8. The molecule has 0 amide bonds. The van der Waals surface area contributed by atoms with Crippen molar-refractivity contribution in [3.8, 4) is 0 Å². The zero-order chi connectivity index (χ0) is 94.1.